The zero-order chi connectivity index (χ0) is 30.4. The molecule has 0 bridgehead atoms. The lowest BCUT2D eigenvalue weighted by Crippen LogP contribution is -2.51. The summed E-state index contributed by atoms with van der Waals surface area (Å²) in [6.45, 7) is -0.247. The Balaban J connectivity index is 1.59. The highest BCUT2D eigenvalue weighted by Gasteiger charge is 2.57. The number of hydrogen-bond donors (Lipinski definition) is 3. The number of ether oxygens (including phenoxy) is 2. The van der Waals surface area contributed by atoms with Crippen molar-refractivity contribution in [2.45, 2.75) is 24.1 Å². The van der Waals surface area contributed by atoms with Gasteiger partial charge in [-0.1, -0.05) is 0 Å². The molecule has 0 saturated heterocycles. The van der Waals surface area contributed by atoms with Gasteiger partial charge in [0.25, 0.3) is 5.91 Å². The van der Waals surface area contributed by atoms with Crippen LogP contribution in [0.3, 0.4) is 0 Å². The van der Waals surface area contributed by atoms with Crippen LogP contribution in [0.25, 0.3) is 22.0 Å². The third-order valence-electron chi connectivity index (χ3n) is 7.33. The van der Waals surface area contributed by atoms with E-state index in [-0.39, 0.29) is 40.5 Å². The number of pyridine rings is 2. The standard InChI is InChI=1S/C29H24F4N4O5/c1-27(26(34)39)14-42-24-20(27)11-22(37-23(24)15-3-5-18(30)6-4-15)28(40,29(31,32)33)13-36-25(38)17-9-16-7-8-35-12-19(16)21(10-17)41-2/h3-12,40H,13-14H2,1-2H3,(H2,34,39)(H,36,38)/t27-,28-/m0/s1. The lowest BCUT2D eigenvalue weighted by molar-refractivity contribution is -0.265. The summed E-state index contributed by atoms with van der Waals surface area (Å²) >= 11 is 0. The van der Waals surface area contributed by atoms with Crippen LogP contribution in [0.5, 0.6) is 11.5 Å². The van der Waals surface area contributed by atoms with Gasteiger partial charge in [-0.25, -0.2) is 9.37 Å². The van der Waals surface area contributed by atoms with E-state index in [0.29, 0.717) is 10.8 Å². The molecule has 0 spiro atoms. The minimum Gasteiger partial charge on any atom is -0.496 e. The molecule has 3 heterocycles. The molecule has 2 amide bonds. The van der Waals surface area contributed by atoms with Crippen LogP contribution >= 0.6 is 0 Å². The van der Waals surface area contributed by atoms with Crippen LogP contribution in [-0.2, 0) is 15.8 Å². The smallest absolute Gasteiger partial charge is 0.424 e. The average molecular weight is 585 g/mol. The number of carbonyl (C=O) groups is 2. The van der Waals surface area contributed by atoms with E-state index in [9.17, 15) is 32.3 Å². The Morgan fingerprint density at radius 3 is 2.52 bits per heavy atom. The second-order valence-corrected chi connectivity index (χ2v) is 10.0. The number of methoxy groups -OCH3 is 1. The van der Waals surface area contributed by atoms with Crippen molar-refractivity contribution in [2.24, 2.45) is 5.73 Å². The molecule has 0 aliphatic carbocycles. The molecular formula is C29H24F4N4O5. The van der Waals surface area contributed by atoms with Gasteiger partial charge >= 0.3 is 6.18 Å². The van der Waals surface area contributed by atoms with Crippen molar-refractivity contribution in [3.63, 3.8) is 0 Å². The van der Waals surface area contributed by atoms with Crippen LogP contribution < -0.4 is 20.5 Å². The number of primary amides is 1. The Morgan fingerprint density at radius 2 is 1.88 bits per heavy atom. The Kier molecular flexibility index (Phi) is 7.01. The van der Waals surface area contributed by atoms with Crippen LogP contribution in [0, 0.1) is 5.82 Å². The quantitative estimate of drug-likeness (QED) is 0.282. The number of benzene rings is 2. The first kappa shape index (κ1) is 28.7. The number of fused-ring (bicyclic) bond motifs is 2. The first-order valence-electron chi connectivity index (χ1n) is 12.5. The maximum atomic E-state index is 14.6. The predicted octanol–water partition coefficient (Wildman–Crippen LogP) is 3.76. The van der Waals surface area contributed by atoms with E-state index in [1.54, 1.807) is 6.07 Å². The molecule has 2 aromatic carbocycles. The number of nitrogens with two attached hydrogens (primary N) is 1. The van der Waals surface area contributed by atoms with Crippen LogP contribution in [0.1, 0.15) is 28.5 Å². The highest BCUT2D eigenvalue weighted by Crippen LogP contribution is 2.47. The van der Waals surface area contributed by atoms with Crippen molar-refractivity contribution in [3.05, 3.63) is 83.6 Å². The summed E-state index contributed by atoms with van der Waals surface area (Å²) in [6.07, 6.45) is -2.36. The van der Waals surface area contributed by atoms with Crippen molar-refractivity contribution < 1.29 is 41.7 Å². The van der Waals surface area contributed by atoms with Gasteiger partial charge in [0.1, 0.15) is 35.0 Å². The first-order chi connectivity index (χ1) is 19.8. The Labute approximate surface area is 236 Å². The number of aromatic nitrogens is 2. The second kappa shape index (κ2) is 10.2. The Bertz CT molecular complexity index is 1710. The summed E-state index contributed by atoms with van der Waals surface area (Å²) < 4.78 is 68.4. The topological polar surface area (TPSA) is 137 Å². The molecule has 9 nitrogen and oxygen atoms in total. The molecule has 2 atom stereocenters. The maximum absolute atomic E-state index is 14.6. The molecule has 4 N–H and O–H groups in total. The van der Waals surface area contributed by atoms with Crippen molar-refractivity contribution in [1.29, 1.82) is 0 Å². The number of nitrogens with one attached hydrogen (secondary N) is 1. The van der Waals surface area contributed by atoms with Gasteiger partial charge in [0.15, 0.2) is 0 Å². The number of rotatable bonds is 7. The van der Waals surface area contributed by atoms with Crippen molar-refractivity contribution in [3.8, 4) is 22.8 Å². The van der Waals surface area contributed by atoms with Gasteiger partial charge in [-0.2, -0.15) is 13.2 Å². The average Bonchev–Trinajstić information content (AvgIpc) is 3.32. The summed E-state index contributed by atoms with van der Waals surface area (Å²) in [4.78, 5) is 33.5. The van der Waals surface area contributed by atoms with Gasteiger partial charge in [0.05, 0.1) is 19.3 Å². The minimum absolute atomic E-state index is 0.0290. The van der Waals surface area contributed by atoms with E-state index in [4.69, 9.17) is 15.2 Å². The molecule has 0 fully saturated rings. The van der Waals surface area contributed by atoms with E-state index in [1.807, 2.05) is 0 Å². The molecule has 4 aromatic rings. The monoisotopic (exact) mass is 584 g/mol. The SMILES string of the molecule is COc1cc(C(=O)NC[C@](O)(c2cc3c(c(-c4ccc(F)cc4)n2)OC[C@]3(C)C(N)=O)C(F)(F)F)cc2ccncc12. The normalized spacial score (nSPS) is 17.7. The van der Waals surface area contributed by atoms with E-state index >= 15 is 0 Å². The molecular weight excluding hydrogens is 560 g/mol. The summed E-state index contributed by atoms with van der Waals surface area (Å²) in [6, 6.07) is 9.95. The molecule has 1 aliphatic heterocycles. The highest BCUT2D eigenvalue weighted by molar-refractivity contribution is 6.00. The molecule has 0 unspecified atom stereocenters. The third kappa shape index (κ3) is 4.75. The van der Waals surface area contributed by atoms with Gasteiger partial charge in [0, 0.05) is 34.5 Å². The minimum atomic E-state index is -5.35. The van der Waals surface area contributed by atoms with Crippen LogP contribution in [0.15, 0.2) is 60.9 Å². The molecule has 0 saturated carbocycles. The van der Waals surface area contributed by atoms with E-state index in [0.717, 1.165) is 18.2 Å². The second-order valence-electron chi connectivity index (χ2n) is 10.0. The largest absolute Gasteiger partial charge is 0.496 e. The van der Waals surface area contributed by atoms with Crippen LogP contribution in [0.4, 0.5) is 17.6 Å². The van der Waals surface area contributed by atoms with Gasteiger partial charge in [-0.3, -0.25) is 14.6 Å². The number of halogens is 4. The van der Waals surface area contributed by atoms with Crippen molar-refractivity contribution >= 4 is 22.6 Å². The predicted molar refractivity (Wildman–Crippen MR) is 142 cm³/mol. The number of nitrogens with zero attached hydrogens (tertiary/aromatic N) is 2. The van der Waals surface area contributed by atoms with Gasteiger partial charge < -0.3 is 25.6 Å². The molecule has 0 radical (unpaired) electrons. The fourth-order valence-electron chi connectivity index (χ4n) is 4.71. The molecule has 5 rings (SSSR count). The number of carbonyl (C=O) groups excluding carboxylic acids is 2. The molecule has 42 heavy (non-hydrogen) atoms. The van der Waals surface area contributed by atoms with Gasteiger partial charge in [-0.15, -0.1) is 0 Å². The fourth-order valence-corrected chi connectivity index (χ4v) is 4.71. The summed E-state index contributed by atoms with van der Waals surface area (Å²) in [5.74, 6) is -2.18. The third-order valence-corrected chi connectivity index (χ3v) is 7.33. The zero-order valence-corrected chi connectivity index (χ0v) is 22.3. The zero-order valence-electron chi connectivity index (χ0n) is 22.3. The van der Waals surface area contributed by atoms with Crippen LogP contribution in [-0.4, -0.2) is 53.3 Å². The molecule has 218 valence electrons. The Morgan fingerprint density at radius 1 is 1.17 bits per heavy atom. The summed E-state index contributed by atoms with van der Waals surface area (Å²) in [5.41, 5.74) is -0.706. The number of amides is 2. The summed E-state index contributed by atoms with van der Waals surface area (Å²) in [5, 5.41) is 14.5. The van der Waals surface area contributed by atoms with Gasteiger partial charge in [-0.05, 0) is 60.8 Å². The van der Waals surface area contributed by atoms with E-state index in [2.05, 4.69) is 15.3 Å². The first-order valence-corrected chi connectivity index (χ1v) is 12.5. The lowest BCUT2D eigenvalue weighted by atomic mass is 9.81. The lowest BCUT2D eigenvalue weighted by Gasteiger charge is -2.31. The molecule has 2 aromatic heterocycles. The number of aliphatic hydroxyl groups is 1. The fraction of sp³-hybridized carbons (Fsp3) is 0.241. The molecule has 1 aliphatic rings. The van der Waals surface area contributed by atoms with Crippen molar-refractivity contribution in [2.75, 3.05) is 20.3 Å². The van der Waals surface area contributed by atoms with Gasteiger partial charge in [0.2, 0.25) is 11.5 Å². The van der Waals surface area contributed by atoms with Crippen molar-refractivity contribution in [1.82, 2.24) is 15.3 Å². The van der Waals surface area contributed by atoms with E-state index in [1.165, 1.54) is 50.7 Å². The number of hydrogen-bond acceptors (Lipinski definition) is 7. The highest BCUT2D eigenvalue weighted by atomic mass is 19.4. The molecule has 13 heteroatoms. The Hall–Kier alpha value is -4.78. The van der Waals surface area contributed by atoms with E-state index < -0.39 is 47.1 Å². The summed E-state index contributed by atoms with van der Waals surface area (Å²) in [7, 11) is 1.37. The van der Waals surface area contributed by atoms with Crippen LogP contribution in [0.2, 0.25) is 0 Å². The number of alkyl halides is 3. The maximum Gasteiger partial charge on any atom is 0.424 e.